The number of hydrogen-bond donors (Lipinski definition) is 2. The van der Waals surface area contributed by atoms with Crippen molar-refractivity contribution in [3.05, 3.63) is 30.0 Å². The normalized spacial score (nSPS) is 13.4. The Morgan fingerprint density at radius 3 is 3.15 bits per heavy atom. The summed E-state index contributed by atoms with van der Waals surface area (Å²) in [7, 11) is 0. The Morgan fingerprint density at radius 2 is 2.38 bits per heavy atom. The molecule has 0 bridgehead atoms. The van der Waals surface area contributed by atoms with Crippen molar-refractivity contribution in [2.24, 2.45) is 5.73 Å². The molecule has 1 heterocycles. The third kappa shape index (κ3) is 1.41. The smallest absolute Gasteiger partial charge is 0.131 e. The largest absolute Gasteiger partial charge is 0.387 e. The summed E-state index contributed by atoms with van der Waals surface area (Å²) >= 11 is 0. The minimum absolute atomic E-state index is 0.212. The van der Waals surface area contributed by atoms with Crippen molar-refractivity contribution in [3.8, 4) is 0 Å². The van der Waals surface area contributed by atoms with Crippen LogP contribution < -0.4 is 5.73 Å². The number of benzene rings is 1. The Morgan fingerprint density at radius 1 is 1.54 bits per heavy atom. The van der Waals surface area contributed by atoms with Crippen LogP contribution in [0.15, 0.2) is 29.0 Å². The summed E-state index contributed by atoms with van der Waals surface area (Å²) in [4.78, 5) is 0. The highest BCUT2D eigenvalue weighted by atomic mass is 16.5. The third-order valence-electron chi connectivity index (χ3n) is 1.99. The van der Waals surface area contributed by atoms with Gasteiger partial charge in [0.15, 0.2) is 0 Å². The van der Waals surface area contributed by atoms with Gasteiger partial charge in [0.05, 0.1) is 6.10 Å². The lowest BCUT2D eigenvalue weighted by atomic mass is 10.1. The number of nitrogens with two attached hydrogens (primary N) is 1. The van der Waals surface area contributed by atoms with E-state index in [0.717, 1.165) is 16.5 Å². The quantitative estimate of drug-likeness (QED) is 0.714. The fourth-order valence-electron chi connectivity index (χ4n) is 1.22. The van der Waals surface area contributed by atoms with E-state index < -0.39 is 6.10 Å². The van der Waals surface area contributed by atoms with Crippen LogP contribution in [0.1, 0.15) is 11.7 Å². The summed E-state index contributed by atoms with van der Waals surface area (Å²) in [5, 5.41) is 14.1. The number of fused-ring (bicyclic) bond motifs is 1. The molecule has 2 rings (SSSR count). The molecule has 0 aliphatic rings. The maximum Gasteiger partial charge on any atom is 0.131 e. The number of rotatable bonds is 2. The zero-order valence-electron chi connectivity index (χ0n) is 6.97. The van der Waals surface area contributed by atoms with Crippen molar-refractivity contribution in [2.45, 2.75) is 6.10 Å². The summed E-state index contributed by atoms with van der Waals surface area (Å²) in [6, 6.07) is 5.44. The highest BCUT2D eigenvalue weighted by Gasteiger charge is 2.06. The van der Waals surface area contributed by atoms with Gasteiger partial charge in [-0.2, -0.15) is 0 Å². The van der Waals surface area contributed by atoms with Crippen LogP contribution in [0.5, 0.6) is 0 Å². The van der Waals surface area contributed by atoms with Crippen LogP contribution in [0, 0.1) is 0 Å². The molecule has 1 aromatic heterocycles. The fourth-order valence-corrected chi connectivity index (χ4v) is 1.22. The average molecular weight is 178 g/mol. The molecule has 4 nitrogen and oxygen atoms in total. The van der Waals surface area contributed by atoms with E-state index in [1.54, 1.807) is 12.3 Å². The molecule has 1 aromatic carbocycles. The highest BCUT2D eigenvalue weighted by molar-refractivity contribution is 5.77. The first kappa shape index (κ1) is 8.22. The number of aliphatic hydroxyl groups excluding tert-OH is 1. The van der Waals surface area contributed by atoms with Crippen LogP contribution >= 0.6 is 0 Å². The van der Waals surface area contributed by atoms with E-state index in [0.29, 0.717) is 0 Å². The second-order valence-electron chi connectivity index (χ2n) is 2.88. The van der Waals surface area contributed by atoms with Crippen molar-refractivity contribution >= 4 is 10.9 Å². The van der Waals surface area contributed by atoms with Gasteiger partial charge in [0, 0.05) is 11.9 Å². The molecule has 1 unspecified atom stereocenters. The summed E-state index contributed by atoms with van der Waals surface area (Å²) < 4.78 is 4.77. The van der Waals surface area contributed by atoms with E-state index in [-0.39, 0.29) is 6.54 Å². The Bertz CT molecular complexity index is 411. The van der Waals surface area contributed by atoms with Gasteiger partial charge in [-0.3, -0.25) is 0 Å². The van der Waals surface area contributed by atoms with Crippen molar-refractivity contribution in [2.75, 3.05) is 6.54 Å². The zero-order valence-corrected chi connectivity index (χ0v) is 6.97. The van der Waals surface area contributed by atoms with Gasteiger partial charge in [0.2, 0.25) is 0 Å². The highest BCUT2D eigenvalue weighted by Crippen LogP contribution is 2.18. The van der Waals surface area contributed by atoms with Gasteiger partial charge >= 0.3 is 0 Å². The number of aromatic nitrogens is 1. The molecule has 13 heavy (non-hydrogen) atoms. The van der Waals surface area contributed by atoms with Gasteiger partial charge in [0.1, 0.15) is 11.8 Å². The van der Waals surface area contributed by atoms with E-state index >= 15 is 0 Å². The zero-order chi connectivity index (χ0) is 9.26. The molecular weight excluding hydrogens is 168 g/mol. The lowest BCUT2D eigenvalue weighted by Crippen LogP contribution is -2.11. The topological polar surface area (TPSA) is 72.3 Å². The van der Waals surface area contributed by atoms with Crippen molar-refractivity contribution in [1.82, 2.24) is 5.16 Å². The molecule has 4 heteroatoms. The van der Waals surface area contributed by atoms with Gasteiger partial charge in [-0.1, -0.05) is 11.2 Å². The van der Waals surface area contributed by atoms with Gasteiger partial charge < -0.3 is 15.4 Å². The second-order valence-corrected chi connectivity index (χ2v) is 2.88. The minimum atomic E-state index is -0.624. The Hall–Kier alpha value is -1.39. The predicted octanol–water partition coefficient (Wildman–Crippen LogP) is 0.820. The summed E-state index contributed by atoms with van der Waals surface area (Å²) in [5.74, 6) is 0. The van der Waals surface area contributed by atoms with Crippen LogP contribution in [0.2, 0.25) is 0 Å². The molecular formula is C9H10N2O2. The van der Waals surface area contributed by atoms with Crippen LogP contribution in [0.3, 0.4) is 0 Å². The first-order valence-electron chi connectivity index (χ1n) is 4.03. The molecule has 0 amide bonds. The molecule has 2 aromatic rings. The van der Waals surface area contributed by atoms with Gasteiger partial charge in [-0.05, 0) is 17.7 Å². The molecule has 0 radical (unpaired) electrons. The Balaban J connectivity index is 2.48. The Labute approximate surface area is 74.9 Å². The molecule has 0 spiro atoms. The molecule has 0 aliphatic carbocycles. The van der Waals surface area contributed by atoms with Crippen molar-refractivity contribution in [3.63, 3.8) is 0 Å². The summed E-state index contributed by atoms with van der Waals surface area (Å²) in [5.41, 5.74) is 6.84. The molecule has 3 N–H and O–H groups in total. The monoisotopic (exact) mass is 178 g/mol. The summed E-state index contributed by atoms with van der Waals surface area (Å²) in [6.45, 7) is 0.212. The van der Waals surface area contributed by atoms with E-state index in [9.17, 15) is 5.11 Å². The number of aliphatic hydroxyl groups is 1. The van der Waals surface area contributed by atoms with Gasteiger partial charge in [0.25, 0.3) is 0 Å². The molecule has 0 aliphatic heterocycles. The van der Waals surface area contributed by atoms with Gasteiger partial charge in [-0.25, -0.2) is 0 Å². The van der Waals surface area contributed by atoms with Crippen LogP contribution in [-0.2, 0) is 0 Å². The third-order valence-corrected chi connectivity index (χ3v) is 1.99. The minimum Gasteiger partial charge on any atom is -0.387 e. The first-order chi connectivity index (χ1) is 6.31. The first-order valence-corrected chi connectivity index (χ1v) is 4.03. The van der Waals surface area contributed by atoms with Crippen LogP contribution in [-0.4, -0.2) is 16.8 Å². The lowest BCUT2D eigenvalue weighted by Gasteiger charge is -2.06. The fraction of sp³-hybridized carbons (Fsp3) is 0.222. The van der Waals surface area contributed by atoms with E-state index in [4.69, 9.17) is 10.3 Å². The summed E-state index contributed by atoms with van der Waals surface area (Å²) in [6.07, 6.45) is 0.939. The van der Waals surface area contributed by atoms with Crippen molar-refractivity contribution < 1.29 is 9.63 Å². The maximum atomic E-state index is 9.44. The molecule has 1 atom stereocenters. The average Bonchev–Trinajstić information content (AvgIpc) is 2.63. The van der Waals surface area contributed by atoms with Crippen molar-refractivity contribution in [1.29, 1.82) is 0 Å². The van der Waals surface area contributed by atoms with E-state index in [1.165, 1.54) is 0 Å². The predicted molar refractivity (Wildman–Crippen MR) is 48.0 cm³/mol. The van der Waals surface area contributed by atoms with E-state index in [2.05, 4.69) is 5.16 Å². The van der Waals surface area contributed by atoms with Gasteiger partial charge in [-0.15, -0.1) is 0 Å². The lowest BCUT2D eigenvalue weighted by molar-refractivity contribution is 0.187. The van der Waals surface area contributed by atoms with Crippen LogP contribution in [0.25, 0.3) is 10.9 Å². The molecule has 0 fully saturated rings. The molecule has 0 saturated heterocycles. The standard InChI is InChI=1S/C9H10N2O2/c10-4-9(12)6-1-2-7-5-13-11-8(7)3-6/h1-3,5,9,12H,4,10H2. The molecule has 0 saturated carbocycles. The number of nitrogens with zero attached hydrogens (tertiary/aromatic N) is 1. The van der Waals surface area contributed by atoms with E-state index in [1.807, 2.05) is 12.1 Å². The Kier molecular flexibility index (Phi) is 2.00. The maximum absolute atomic E-state index is 9.44. The molecule has 68 valence electrons. The second kappa shape index (κ2) is 3.16. The SMILES string of the molecule is NCC(O)c1ccc2conc2c1. The van der Waals surface area contributed by atoms with Crippen LogP contribution in [0.4, 0.5) is 0 Å². The number of hydrogen-bond acceptors (Lipinski definition) is 4.